The molecular formula is C18H25N3O2. The third-order valence-electron chi connectivity index (χ3n) is 3.76. The highest BCUT2D eigenvalue weighted by molar-refractivity contribution is 5.82. The number of oxime groups is 1. The summed E-state index contributed by atoms with van der Waals surface area (Å²) in [5.74, 6) is 0.189. The van der Waals surface area contributed by atoms with Crippen molar-refractivity contribution in [2.24, 2.45) is 10.9 Å². The number of rotatable bonds is 8. The van der Waals surface area contributed by atoms with Gasteiger partial charge >= 0.3 is 0 Å². The van der Waals surface area contributed by atoms with Gasteiger partial charge in [0, 0.05) is 13.0 Å². The number of hydrogen-bond acceptors (Lipinski definition) is 3. The van der Waals surface area contributed by atoms with Crippen LogP contribution in [0.25, 0.3) is 0 Å². The predicted octanol–water partition coefficient (Wildman–Crippen LogP) is 2.52. The zero-order valence-electron chi connectivity index (χ0n) is 13.5. The summed E-state index contributed by atoms with van der Waals surface area (Å²) < 4.78 is 0. The summed E-state index contributed by atoms with van der Waals surface area (Å²) in [5, 5.41) is 6.62. The van der Waals surface area contributed by atoms with Gasteiger partial charge in [-0.15, -0.1) is 0 Å². The fourth-order valence-corrected chi connectivity index (χ4v) is 2.56. The van der Waals surface area contributed by atoms with E-state index in [1.54, 1.807) is 0 Å². The van der Waals surface area contributed by atoms with E-state index in [0.29, 0.717) is 18.8 Å². The molecule has 0 bridgehead atoms. The number of nitrogens with two attached hydrogens (primary N) is 1. The first-order chi connectivity index (χ1) is 11.2. The summed E-state index contributed by atoms with van der Waals surface area (Å²) in [7, 11) is 0. The molecule has 1 aromatic carbocycles. The van der Waals surface area contributed by atoms with Gasteiger partial charge in [0.05, 0.1) is 0 Å². The van der Waals surface area contributed by atoms with Crippen molar-refractivity contribution in [3.05, 3.63) is 47.5 Å². The van der Waals surface area contributed by atoms with Crippen LogP contribution in [0.5, 0.6) is 0 Å². The van der Waals surface area contributed by atoms with Crippen molar-refractivity contribution in [1.29, 1.82) is 0 Å². The topological polar surface area (TPSA) is 76.7 Å². The molecule has 0 aliphatic heterocycles. The molecule has 0 aromatic heterocycles. The monoisotopic (exact) mass is 315 g/mol. The van der Waals surface area contributed by atoms with Gasteiger partial charge in [0.15, 0.2) is 6.61 Å². The first kappa shape index (κ1) is 17.1. The number of amides is 1. The maximum Gasteiger partial charge on any atom is 0.260 e. The second kappa shape index (κ2) is 9.66. The van der Waals surface area contributed by atoms with Crippen molar-refractivity contribution in [2.75, 3.05) is 13.2 Å². The van der Waals surface area contributed by atoms with Crippen molar-refractivity contribution in [1.82, 2.24) is 5.32 Å². The van der Waals surface area contributed by atoms with Crippen LogP contribution in [0.1, 0.15) is 37.7 Å². The minimum absolute atomic E-state index is 0.103. The molecule has 0 saturated carbocycles. The molecule has 1 amide bonds. The Balaban J connectivity index is 1.60. The van der Waals surface area contributed by atoms with Crippen LogP contribution in [0.15, 0.2) is 47.1 Å². The van der Waals surface area contributed by atoms with Crippen molar-refractivity contribution in [2.45, 2.75) is 38.5 Å². The number of benzene rings is 1. The first-order valence-corrected chi connectivity index (χ1v) is 8.17. The van der Waals surface area contributed by atoms with Crippen molar-refractivity contribution >= 4 is 11.7 Å². The molecule has 0 radical (unpaired) electrons. The Morgan fingerprint density at radius 3 is 2.83 bits per heavy atom. The molecule has 0 unspecified atom stereocenters. The van der Waals surface area contributed by atoms with E-state index in [1.165, 1.54) is 24.8 Å². The largest absolute Gasteiger partial charge is 0.384 e. The Morgan fingerprint density at radius 1 is 1.26 bits per heavy atom. The van der Waals surface area contributed by atoms with Gasteiger partial charge in [-0.25, -0.2) is 0 Å². The molecule has 1 aliphatic rings. The van der Waals surface area contributed by atoms with Crippen LogP contribution in [0.3, 0.4) is 0 Å². The van der Waals surface area contributed by atoms with Crippen LogP contribution in [0.2, 0.25) is 0 Å². The smallest absolute Gasteiger partial charge is 0.260 e. The van der Waals surface area contributed by atoms with Gasteiger partial charge in [0.2, 0.25) is 0 Å². The zero-order chi connectivity index (χ0) is 16.3. The molecule has 5 heteroatoms. The van der Waals surface area contributed by atoms with E-state index in [0.717, 1.165) is 18.4 Å². The van der Waals surface area contributed by atoms with Crippen molar-refractivity contribution in [3.8, 4) is 0 Å². The SMILES string of the molecule is N/C(Cc1ccccc1)=N\OCC(=O)NCCC1=CCCCC1. The lowest BCUT2D eigenvalue weighted by Gasteiger charge is -2.12. The lowest BCUT2D eigenvalue weighted by atomic mass is 9.97. The van der Waals surface area contributed by atoms with Crippen LogP contribution in [0, 0.1) is 0 Å². The fourth-order valence-electron chi connectivity index (χ4n) is 2.56. The highest BCUT2D eigenvalue weighted by Gasteiger charge is 2.05. The molecule has 23 heavy (non-hydrogen) atoms. The molecule has 1 aliphatic carbocycles. The van der Waals surface area contributed by atoms with Crippen LogP contribution < -0.4 is 11.1 Å². The van der Waals surface area contributed by atoms with E-state index >= 15 is 0 Å². The summed E-state index contributed by atoms with van der Waals surface area (Å²) in [4.78, 5) is 16.7. The third kappa shape index (κ3) is 7.00. The molecule has 2 rings (SSSR count). The van der Waals surface area contributed by atoms with Crippen LogP contribution in [-0.2, 0) is 16.1 Å². The fraction of sp³-hybridized carbons (Fsp3) is 0.444. The van der Waals surface area contributed by atoms with Gasteiger partial charge in [-0.3, -0.25) is 4.79 Å². The molecule has 0 saturated heterocycles. The van der Waals surface area contributed by atoms with E-state index in [9.17, 15) is 4.79 Å². The van der Waals surface area contributed by atoms with Crippen LogP contribution >= 0.6 is 0 Å². The first-order valence-electron chi connectivity index (χ1n) is 8.17. The number of allylic oxidation sites excluding steroid dienone is 1. The molecule has 5 nitrogen and oxygen atoms in total. The standard InChI is InChI=1S/C18H25N3O2/c19-17(13-16-9-5-2-6-10-16)21-23-14-18(22)20-12-11-15-7-3-1-4-8-15/h2,5-7,9-10H,1,3-4,8,11-14H2,(H2,19,21)(H,20,22). The van der Waals surface area contributed by atoms with E-state index in [1.807, 2.05) is 30.3 Å². The number of hydrogen-bond donors (Lipinski definition) is 2. The maximum atomic E-state index is 11.7. The second-order valence-corrected chi connectivity index (χ2v) is 5.73. The maximum absolute atomic E-state index is 11.7. The average molecular weight is 315 g/mol. The molecule has 0 fully saturated rings. The van der Waals surface area contributed by atoms with Gasteiger partial charge in [-0.2, -0.15) is 0 Å². The van der Waals surface area contributed by atoms with Gasteiger partial charge in [0.25, 0.3) is 5.91 Å². The number of amidine groups is 1. The number of nitrogens with one attached hydrogen (secondary N) is 1. The minimum Gasteiger partial charge on any atom is -0.384 e. The molecular weight excluding hydrogens is 290 g/mol. The van der Waals surface area contributed by atoms with Crippen molar-refractivity contribution in [3.63, 3.8) is 0 Å². The third-order valence-corrected chi connectivity index (χ3v) is 3.76. The molecule has 0 heterocycles. The minimum atomic E-state index is -0.169. The van der Waals surface area contributed by atoms with Gasteiger partial charge < -0.3 is 15.9 Å². The molecule has 0 spiro atoms. The highest BCUT2D eigenvalue weighted by Crippen LogP contribution is 2.19. The Morgan fingerprint density at radius 2 is 2.09 bits per heavy atom. The van der Waals surface area contributed by atoms with E-state index in [4.69, 9.17) is 10.6 Å². The normalized spacial score (nSPS) is 15.0. The summed E-state index contributed by atoms with van der Waals surface area (Å²) in [6.45, 7) is 0.547. The average Bonchev–Trinajstić information content (AvgIpc) is 2.57. The molecule has 0 atom stereocenters. The zero-order valence-corrected chi connectivity index (χ0v) is 13.5. The van der Waals surface area contributed by atoms with Gasteiger partial charge in [0.1, 0.15) is 5.84 Å². The lowest BCUT2D eigenvalue weighted by molar-refractivity contribution is -0.125. The lowest BCUT2D eigenvalue weighted by Crippen LogP contribution is -2.28. The van der Waals surface area contributed by atoms with Crippen molar-refractivity contribution < 1.29 is 9.63 Å². The Kier molecular flexibility index (Phi) is 7.17. The summed E-state index contributed by atoms with van der Waals surface area (Å²) in [5.41, 5.74) is 8.28. The van der Waals surface area contributed by atoms with E-state index < -0.39 is 0 Å². The molecule has 1 aromatic rings. The summed E-state index contributed by atoms with van der Waals surface area (Å²) >= 11 is 0. The predicted molar refractivity (Wildman–Crippen MR) is 91.9 cm³/mol. The number of carbonyl (C=O) groups excluding carboxylic acids is 1. The van der Waals surface area contributed by atoms with E-state index in [-0.39, 0.29) is 12.5 Å². The van der Waals surface area contributed by atoms with Gasteiger partial charge in [-0.1, -0.05) is 47.1 Å². The molecule has 3 N–H and O–H groups in total. The number of carbonyl (C=O) groups is 1. The highest BCUT2D eigenvalue weighted by atomic mass is 16.6. The van der Waals surface area contributed by atoms with E-state index in [2.05, 4.69) is 16.5 Å². The Bertz CT molecular complexity index is 553. The quantitative estimate of drug-likeness (QED) is 0.335. The Labute approximate surface area is 137 Å². The molecule has 124 valence electrons. The second-order valence-electron chi connectivity index (χ2n) is 5.73. The van der Waals surface area contributed by atoms with Gasteiger partial charge in [-0.05, 0) is 37.7 Å². The number of nitrogens with zero attached hydrogens (tertiary/aromatic N) is 1. The Hall–Kier alpha value is -2.30. The van der Waals surface area contributed by atoms with Crippen LogP contribution in [0.4, 0.5) is 0 Å². The summed E-state index contributed by atoms with van der Waals surface area (Å²) in [6.07, 6.45) is 8.60. The van der Waals surface area contributed by atoms with Crippen LogP contribution in [-0.4, -0.2) is 24.9 Å². The summed E-state index contributed by atoms with van der Waals surface area (Å²) in [6, 6.07) is 9.77.